The van der Waals surface area contributed by atoms with Crippen molar-refractivity contribution >= 4 is 41.4 Å². The van der Waals surface area contributed by atoms with E-state index in [1.807, 2.05) is 18.2 Å². The number of hydrogen-bond acceptors (Lipinski definition) is 4. The zero-order valence-corrected chi connectivity index (χ0v) is 16.4. The van der Waals surface area contributed by atoms with Crippen LogP contribution in [0.15, 0.2) is 41.8 Å². The zero-order chi connectivity index (χ0) is 17.8. The molecule has 26 heavy (non-hydrogen) atoms. The summed E-state index contributed by atoms with van der Waals surface area (Å²) >= 11 is 1.72. The maximum atomic E-state index is 10.8. The minimum atomic E-state index is -0.950. The summed E-state index contributed by atoms with van der Waals surface area (Å²) < 4.78 is 5.99. The van der Waals surface area contributed by atoms with Crippen LogP contribution in [-0.2, 0) is 11.4 Å². The van der Waals surface area contributed by atoms with Crippen LogP contribution in [0.25, 0.3) is 11.6 Å². The van der Waals surface area contributed by atoms with E-state index >= 15 is 0 Å². The molecule has 6 heteroatoms. The molecule has 1 aromatic carbocycles. The van der Waals surface area contributed by atoms with Gasteiger partial charge in [-0.15, -0.1) is 23.7 Å². The highest BCUT2D eigenvalue weighted by Gasteiger charge is 2.20. The van der Waals surface area contributed by atoms with E-state index in [-0.39, 0.29) is 12.4 Å². The van der Waals surface area contributed by atoms with Crippen molar-refractivity contribution in [1.82, 2.24) is 4.90 Å². The first-order chi connectivity index (χ1) is 12.0. The third-order valence-corrected chi connectivity index (χ3v) is 5.00. The second-order valence-electron chi connectivity index (χ2n) is 6.20. The maximum Gasteiger partial charge on any atom is 0.328 e. The smallest absolute Gasteiger partial charge is 0.328 e. The third kappa shape index (κ3) is 4.75. The van der Waals surface area contributed by atoms with Gasteiger partial charge in [0.1, 0.15) is 12.4 Å². The van der Waals surface area contributed by atoms with Crippen LogP contribution < -0.4 is 4.74 Å². The SMILES string of the molecule is CN(C)CCC=C1c2cc(C=CC(=O)O)ccc2OCc2ccsc21.Cl. The second kappa shape index (κ2) is 9.03. The topological polar surface area (TPSA) is 49.8 Å². The summed E-state index contributed by atoms with van der Waals surface area (Å²) in [7, 11) is 4.13. The molecule has 0 radical (unpaired) electrons. The number of carbonyl (C=O) groups is 1. The van der Waals surface area contributed by atoms with E-state index in [4.69, 9.17) is 9.84 Å². The Bertz CT molecular complexity index is 839. The summed E-state index contributed by atoms with van der Waals surface area (Å²) in [4.78, 5) is 14.2. The van der Waals surface area contributed by atoms with E-state index < -0.39 is 5.97 Å². The van der Waals surface area contributed by atoms with Crippen molar-refractivity contribution in [3.63, 3.8) is 0 Å². The molecule has 0 atom stereocenters. The second-order valence-corrected chi connectivity index (χ2v) is 7.12. The van der Waals surface area contributed by atoms with Crippen LogP contribution in [-0.4, -0.2) is 36.6 Å². The van der Waals surface area contributed by atoms with E-state index in [2.05, 4.69) is 36.5 Å². The van der Waals surface area contributed by atoms with Gasteiger partial charge in [-0.3, -0.25) is 0 Å². The molecular weight excluding hydrogens is 370 g/mol. The average molecular weight is 392 g/mol. The fraction of sp³-hybridized carbons (Fsp3) is 0.250. The van der Waals surface area contributed by atoms with Gasteiger partial charge in [-0.25, -0.2) is 4.79 Å². The summed E-state index contributed by atoms with van der Waals surface area (Å²) in [6.07, 6.45) is 5.97. The van der Waals surface area contributed by atoms with E-state index in [1.54, 1.807) is 17.4 Å². The number of rotatable bonds is 5. The molecule has 1 aliphatic heterocycles. The number of ether oxygens (including phenoxy) is 1. The summed E-state index contributed by atoms with van der Waals surface area (Å²) in [5.41, 5.74) is 4.24. The lowest BCUT2D eigenvalue weighted by Gasteiger charge is -2.12. The molecular formula is C20H22ClNO3S. The summed E-state index contributed by atoms with van der Waals surface area (Å²) in [6.45, 7) is 1.53. The van der Waals surface area contributed by atoms with Crippen LogP contribution in [0, 0.1) is 0 Å². The number of thiophene rings is 1. The van der Waals surface area contributed by atoms with Gasteiger partial charge in [-0.05, 0) is 61.3 Å². The van der Waals surface area contributed by atoms with Crippen LogP contribution in [0.3, 0.4) is 0 Å². The van der Waals surface area contributed by atoms with Crippen LogP contribution >= 0.6 is 23.7 Å². The van der Waals surface area contributed by atoms with Gasteiger partial charge in [0.05, 0.1) is 0 Å². The van der Waals surface area contributed by atoms with Crippen LogP contribution in [0.5, 0.6) is 5.75 Å². The molecule has 0 spiro atoms. The molecule has 2 heterocycles. The number of carboxylic acid groups (broad SMARTS) is 1. The Morgan fingerprint density at radius 2 is 2.15 bits per heavy atom. The summed E-state index contributed by atoms with van der Waals surface area (Å²) in [6, 6.07) is 7.92. The Labute approximate surface area is 163 Å². The molecule has 0 saturated carbocycles. The number of hydrogen-bond donors (Lipinski definition) is 1. The van der Waals surface area contributed by atoms with Gasteiger partial charge in [-0.1, -0.05) is 12.1 Å². The number of nitrogens with zero attached hydrogens (tertiary/aromatic N) is 1. The molecule has 138 valence electrons. The van der Waals surface area contributed by atoms with Gasteiger partial charge in [0.15, 0.2) is 0 Å². The molecule has 4 nitrogen and oxygen atoms in total. The molecule has 0 fully saturated rings. The molecule has 1 aromatic heterocycles. The number of halogens is 1. The molecule has 3 rings (SSSR count). The van der Waals surface area contributed by atoms with Crippen molar-refractivity contribution in [1.29, 1.82) is 0 Å². The van der Waals surface area contributed by atoms with E-state index in [1.165, 1.54) is 16.0 Å². The first kappa shape index (κ1) is 20.2. The van der Waals surface area contributed by atoms with Crippen molar-refractivity contribution in [2.24, 2.45) is 0 Å². The maximum absolute atomic E-state index is 10.8. The highest BCUT2D eigenvalue weighted by atomic mass is 35.5. The normalized spacial score (nSPS) is 14.5. The van der Waals surface area contributed by atoms with Crippen LogP contribution in [0.4, 0.5) is 0 Å². The molecule has 1 aliphatic rings. The van der Waals surface area contributed by atoms with Gasteiger partial charge in [-0.2, -0.15) is 0 Å². The monoisotopic (exact) mass is 391 g/mol. The van der Waals surface area contributed by atoms with Gasteiger partial charge in [0.2, 0.25) is 0 Å². The predicted molar refractivity (Wildman–Crippen MR) is 109 cm³/mol. The fourth-order valence-corrected chi connectivity index (χ4v) is 3.76. The molecule has 0 unspecified atom stereocenters. The first-order valence-electron chi connectivity index (χ1n) is 8.14. The Morgan fingerprint density at radius 1 is 1.35 bits per heavy atom. The standard InChI is InChI=1S/C20H21NO3S.ClH/c1-21(2)10-3-4-16-17-12-14(6-8-19(22)23)5-7-18(17)24-13-15-9-11-25-20(15)16;/h4-9,11-12H,3,10,13H2,1-2H3,(H,22,23);1H. The number of fused-ring (bicyclic) bond motifs is 2. The van der Waals surface area contributed by atoms with Crippen molar-refractivity contribution < 1.29 is 14.6 Å². The van der Waals surface area contributed by atoms with Crippen LogP contribution in [0.1, 0.15) is 28.0 Å². The van der Waals surface area contributed by atoms with Gasteiger partial charge >= 0.3 is 5.97 Å². The Hall–Kier alpha value is -2.08. The van der Waals surface area contributed by atoms with Gasteiger partial charge < -0.3 is 14.7 Å². The highest BCUT2D eigenvalue weighted by molar-refractivity contribution is 7.11. The van der Waals surface area contributed by atoms with Crippen molar-refractivity contribution in [3.05, 3.63) is 63.4 Å². The zero-order valence-electron chi connectivity index (χ0n) is 14.8. The molecule has 0 amide bonds. The Kier molecular flexibility index (Phi) is 7.03. The molecule has 1 N–H and O–H groups in total. The third-order valence-electron chi connectivity index (χ3n) is 4.01. The van der Waals surface area contributed by atoms with Crippen molar-refractivity contribution in [2.45, 2.75) is 13.0 Å². The first-order valence-corrected chi connectivity index (χ1v) is 9.02. The van der Waals surface area contributed by atoms with E-state index in [0.717, 1.165) is 35.9 Å². The summed E-state index contributed by atoms with van der Waals surface area (Å²) in [5, 5.41) is 10.9. The van der Waals surface area contributed by atoms with Crippen molar-refractivity contribution in [2.75, 3.05) is 20.6 Å². The average Bonchev–Trinajstić information content (AvgIpc) is 2.98. The minimum Gasteiger partial charge on any atom is -0.488 e. The fourth-order valence-electron chi connectivity index (χ4n) is 2.79. The lowest BCUT2D eigenvalue weighted by atomic mass is 9.98. The van der Waals surface area contributed by atoms with Crippen molar-refractivity contribution in [3.8, 4) is 5.75 Å². The van der Waals surface area contributed by atoms with E-state index in [9.17, 15) is 4.79 Å². The molecule has 0 saturated heterocycles. The number of carboxylic acids is 1. The largest absolute Gasteiger partial charge is 0.488 e. The lowest BCUT2D eigenvalue weighted by Crippen LogP contribution is -2.12. The predicted octanol–water partition coefficient (Wildman–Crippen LogP) is 4.54. The number of aliphatic carboxylic acids is 1. The van der Waals surface area contributed by atoms with Gasteiger partial charge in [0.25, 0.3) is 0 Å². The Balaban J connectivity index is 0.00000243. The summed E-state index contributed by atoms with van der Waals surface area (Å²) in [5.74, 6) is -0.111. The van der Waals surface area contributed by atoms with Crippen LogP contribution in [0.2, 0.25) is 0 Å². The van der Waals surface area contributed by atoms with E-state index in [0.29, 0.717) is 6.61 Å². The quantitative estimate of drug-likeness (QED) is 0.760. The lowest BCUT2D eigenvalue weighted by molar-refractivity contribution is -0.131. The molecule has 0 aliphatic carbocycles. The molecule has 2 aromatic rings. The van der Waals surface area contributed by atoms with Gasteiger partial charge in [0, 0.05) is 28.6 Å². The minimum absolute atomic E-state index is 0. The Morgan fingerprint density at radius 3 is 2.88 bits per heavy atom. The number of benzene rings is 1. The highest BCUT2D eigenvalue weighted by Crippen LogP contribution is 2.40. The molecule has 0 bridgehead atoms.